The number of aromatic nitrogens is 10. The van der Waals surface area contributed by atoms with Crippen LogP contribution < -0.4 is 0 Å². The molecule has 0 saturated heterocycles. The first-order valence-electron chi connectivity index (χ1n) is 44.4. The van der Waals surface area contributed by atoms with Gasteiger partial charge in [0.2, 0.25) is 0 Å². The van der Waals surface area contributed by atoms with Gasteiger partial charge in [-0.05, 0) is 185 Å². The maximum absolute atomic E-state index is 6.20. The molecule has 0 saturated carbocycles. The van der Waals surface area contributed by atoms with Gasteiger partial charge in [0, 0.05) is 121 Å². The smallest absolute Gasteiger partial charge is 0.164 e. The molecule has 616 valence electrons. The minimum absolute atomic E-state index is 0.625. The molecule has 0 atom stereocenters. The topological polar surface area (TPSA) is 123 Å². The van der Waals surface area contributed by atoms with Crippen molar-refractivity contribution in [1.82, 2.24) is 48.2 Å². The number of nitrogens with zero attached hydrogens (tertiary/aromatic N) is 10. The number of furan rings is 2. The van der Waals surface area contributed by atoms with Gasteiger partial charge in [0.1, 0.15) is 22.3 Å². The van der Waals surface area contributed by atoms with Crippen molar-refractivity contribution in [3.05, 3.63) is 449 Å². The van der Waals surface area contributed by atoms with Gasteiger partial charge in [0.25, 0.3) is 0 Å². The average Bonchev–Trinajstić information content (AvgIpc) is 1.58. The van der Waals surface area contributed by atoms with Gasteiger partial charge in [0.05, 0.1) is 44.1 Å². The minimum Gasteiger partial charge on any atom is -0.456 e. The predicted octanol–water partition coefficient (Wildman–Crippen LogP) is 30.9. The van der Waals surface area contributed by atoms with Crippen molar-refractivity contribution in [2.75, 3.05) is 0 Å². The average molecular weight is 1690 g/mol. The van der Waals surface area contributed by atoms with Crippen molar-refractivity contribution in [3.8, 4) is 124 Å². The highest BCUT2D eigenvalue weighted by molar-refractivity contribution is 6.16. The summed E-state index contributed by atoms with van der Waals surface area (Å²) in [6, 6.07) is 158. The fourth-order valence-electron chi connectivity index (χ4n) is 19.8. The molecule has 0 N–H and O–H groups in total. The lowest BCUT2D eigenvalue weighted by atomic mass is 10.0. The quantitative estimate of drug-likeness (QED) is 0.112. The Morgan fingerprint density at radius 2 is 0.356 bits per heavy atom. The molecule has 0 aliphatic rings. The fraction of sp³-hybridized carbons (Fsp3) is 0. The summed E-state index contributed by atoms with van der Waals surface area (Å²) in [5.41, 5.74) is 29.6. The molecule has 0 unspecified atom stereocenters. The maximum Gasteiger partial charge on any atom is 0.164 e. The molecule has 19 aromatic carbocycles. The molecule has 0 aliphatic heterocycles. The summed E-state index contributed by atoms with van der Waals surface area (Å²) < 4.78 is 21.9. The first-order valence-corrected chi connectivity index (χ1v) is 44.4. The van der Waals surface area contributed by atoms with Crippen LogP contribution in [0.25, 0.3) is 256 Å². The number of rotatable bonds is 13. The monoisotopic (exact) mass is 1690 g/mol. The zero-order valence-corrected chi connectivity index (χ0v) is 71.0. The van der Waals surface area contributed by atoms with Crippen molar-refractivity contribution in [3.63, 3.8) is 0 Å². The molecule has 12 nitrogen and oxygen atoms in total. The SMILES string of the molecule is c1ccc(-c2nc(-c3ccccc3)nc(-c3cccc(-c4cccc(-n5c6ccccc6c6cc(-c7ccc8c(c7)c7ccccc7n8-c7ccc8oc9ccccc9c8c7)ccc65)c4)c3)n2)cc1.c1ccc(-c2nc(-c3ccccc3)nc(-c3cccc(-n4c5ccccc5c5cc(-c6ccc7c(c6)c6ccccc6n7-c6ccc7oc8ccccc8c7c6)ccc54)c3)n2)cc1. The van der Waals surface area contributed by atoms with Gasteiger partial charge in [-0.3, -0.25) is 0 Å². The Hall–Kier alpha value is -18.0. The molecule has 0 fully saturated rings. The van der Waals surface area contributed by atoms with Gasteiger partial charge in [-0.2, -0.15) is 0 Å². The summed E-state index contributed by atoms with van der Waals surface area (Å²) in [6.45, 7) is 0. The molecule has 0 radical (unpaired) electrons. The van der Waals surface area contributed by atoms with Crippen LogP contribution in [0.2, 0.25) is 0 Å². The van der Waals surface area contributed by atoms with E-state index in [-0.39, 0.29) is 0 Å². The number of hydrogen-bond donors (Lipinski definition) is 0. The molecular weight excluding hydrogens is 1610 g/mol. The lowest BCUT2D eigenvalue weighted by molar-refractivity contribution is 0.668. The molecule has 8 aromatic heterocycles. The standard InChI is InChI=1S/C63H39N5O.C57H35N5O/c1-3-15-40(16-4-1)61-64-62(41-17-5-2-6-18-41)66-63(65-61)46-21-13-19-42(35-46)43-20-14-22-47(36-43)67-55-26-10-7-23-49(55)52-37-44(29-32-57(52)67)45-30-33-58-53(38-45)50-24-8-11-27-56(50)68(58)48-31-34-60-54(39-48)51-25-9-12-28-59(51)69-60;1-3-14-36(15-4-1)55-58-56(37-16-5-2-6-17-37)60-57(59-55)40-18-13-19-41(32-40)61-49-23-10-7-20-43(49)46-33-38(26-29-51(46)61)39-27-30-52-47(34-39)44-21-8-11-24-50(44)62(52)42-28-31-54-48(35-42)45-22-9-12-25-53(45)63-54/h1-39H;1-35H. The summed E-state index contributed by atoms with van der Waals surface area (Å²) in [4.78, 5) is 29.9. The summed E-state index contributed by atoms with van der Waals surface area (Å²) in [6.07, 6.45) is 0. The second kappa shape index (κ2) is 31.0. The largest absolute Gasteiger partial charge is 0.456 e. The number of para-hydroxylation sites is 6. The highest BCUT2D eigenvalue weighted by Crippen LogP contribution is 2.45. The van der Waals surface area contributed by atoms with E-state index in [1.54, 1.807) is 0 Å². The molecule has 12 heteroatoms. The normalized spacial score (nSPS) is 11.8. The molecule has 27 aromatic rings. The van der Waals surface area contributed by atoms with Crippen LogP contribution in [0.5, 0.6) is 0 Å². The highest BCUT2D eigenvalue weighted by atomic mass is 16.3. The zero-order chi connectivity index (χ0) is 86.9. The van der Waals surface area contributed by atoms with Crippen LogP contribution in [0.3, 0.4) is 0 Å². The zero-order valence-electron chi connectivity index (χ0n) is 71.0. The van der Waals surface area contributed by atoms with Gasteiger partial charge in [-0.25, -0.2) is 29.9 Å². The molecule has 132 heavy (non-hydrogen) atoms. The fourth-order valence-corrected chi connectivity index (χ4v) is 19.8. The summed E-state index contributed by atoms with van der Waals surface area (Å²) >= 11 is 0. The van der Waals surface area contributed by atoms with Crippen molar-refractivity contribution in [1.29, 1.82) is 0 Å². The van der Waals surface area contributed by atoms with E-state index in [1.807, 2.05) is 146 Å². The Bertz CT molecular complexity index is 9190. The first kappa shape index (κ1) is 75.3. The van der Waals surface area contributed by atoms with E-state index in [0.717, 1.165) is 150 Å². The van der Waals surface area contributed by atoms with Crippen LogP contribution >= 0.6 is 0 Å². The van der Waals surface area contributed by atoms with E-state index in [9.17, 15) is 0 Å². The van der Waals surface area contributed by atoms with Crippen molar-refractivity contribution >= 4 is 131 Å². The number of fused-ring (bicyclic) bond motifs is 18. The lowest BCUT2D eigenvalue weighted by Crippen LogP contribution is -2.01. The second-order valence-electron chi connectivity index (χ2n) is 33.7. The number of benzene rings is 19. The molecule has 0 aliphatic carbocycles. The van der Waals surface area contributed by atoms with Crippen molar-refractivity contribution < 1.29 is 8.83 Å². The Morgan fingerprint density at radius 1 is 0.129 bits per heavy atom. The Kier molecular flexibility index (Phi) is 17.7. The van der Waals surface area contributed by atoms with Gasteiger partial charge in [-0.15, -0.1) is 0 Å². The van der Waals surface area contributed by atoms with Crippen LogP contribution in [-0.2, 0) is 0 Å². The summed E-state index contributed by atoms with van der Waals surface area (Å²) in [5.74, 6) is 3.82. The van der Waals surface area contributed by atoms with Crippen LogP contribution in [0.4, 0.5) is 0 Å². The lowest BCUT2D eigenvalue weighted by Gasteiger charge is -2.12. The van der Waals surface area contributed by atoms with Crippen molar-refractivity contribution in [2.24, 2.45) is 0 Å². The second-order valence-corrected chi connectivity index (χ2v) is 33.7. The van der Waals surface area contributed by atoms with E-state index in [4.69, 9.17) is 38.7 Å². The van der Waals surface area contributed by atoms with Crippen LogP contribution in [-0.4, -0.2) is 48.2 Å². The Balaban J connectivity index is 0.000000139. The Labute approximate surface area is 756 Å². The first-order chi connectivity index (χ1) is 65.4. The van der Waals surface area contributed by atoms with E-state index >= 15 is 0 Å². The third-order valence-corrected chi connectivity index (χ3v) is 25.9. The van der Waals surface area contributed by atoms with E-state index in [2.05, 4.69) is 322 Å². The maximum atomic E-state index is 6.20. The van der Waals surface area contributed by atoms with Gasteiger partial charge in [0.15, 0.2) is 34.9 Å². The molecule has 0 amide bonds. The van der Waals surface area contributed by atoms with Crippen molar-refractivity contribution in [2.45, 2.75) is 0 Å². The Morgan fingerprint density at radius 3 is 0.697 bits per heavy atom. The molecule has 27 rings (SSSR count). The van der Waals surface area contributed by atoms with Gasteiger partial charge >= 0.3 is 0 Å². The van der Waals surface area contributed by atoms with Crippen LogP contribution in [0, 0.1) is 0 Å². The third-order valence-electron chi connectivity index (χ3n) is 25.9. The van der Waals surface area contributed by atoms with Crippen LogP contribution in [0.1, 0.15) is 0 Å². The van der Waals surface area contributed by atoms with E-state index in [1.165, 1.54) is 70.8 Å². The van der Waals surface area contributed by atoms with Gasteiger partial charge in [-0.1, -0.05) is 297 Å². The minimum atomic E-state index is 0.625. The summed E-state index contributed by atoms with van der Waals surface area (Å²) in [7, 11) is 0. The van der Waals surface area contributed by atoms with E-state index < -0.39 is 0 Å². The van der Waals surface area contributed by atoms with E-state index in [0.29, 0.717) is 34.9 Å². The molecule has 0 spiro atoms. The van der Waals surface area contributed by atoms with Crippen LogP contribution in [0.15, 0.2) is 458 Å². The third kappa shape index (κ3) is 12.8. The number of hydrogen-bond acceptors (Lipinski definition) is 8. The highest BCUT2D eigenvalue weighted by Gasteiger charge is 2.24. The molecular formula is C120H74N10O2. The molecule has 0 bridgehead atoms. The van der Waals surface area contributed by atoms with Gasteiger partial charge < -0.3 is 27.1 Å². The molecule has 8 heterocycles. The predicted molar refractivity (Wildman–Crippen MR) is 540 cm³/mol. The summed E-state index contributed by atoms with van der Waals surface area (Å²) in [5, 5.41) is 14.1.